The summed E-state index contributed by atoms with van der Waals surface area (Å²) in [5.74, 6) is 0.761. The summed E-state index contributed by atoms with van der Waals surface area (Å²) in [7, 11) is -1.56. The van der Waals surface area contributed by atoms with E-state index in [1.165, 1.54) is 0 Å². The van der Waals surface area contributed by atoms with Gasteiger partial charge < -0.3 is 9.88 Å². The Balaban J connectivity index is 2.78. The fourth-order valence-corrected chi connectivity index (χ4v) is 3.94. The van der Waals surface area contributed by atoms with Gasteiger partial charge in [0.05, 0.1) is 4.90 Å². The first-order chi connectivity index (χ1) is 9.40. The minimum absolute atomic E-state index is 0.0723. The van der Waals surface area contributed by atoms with Crippen LogP contribution in [0.1, 0.15) is 26.0 Å². The van der Waals surface area contributed by atoms with Crippen LogP contribution in [0, 0.1) is 0 Å². The minimum atomic E-state index is -3.43. The Morgan fingerprint density at radius 2 is 2.15 bits per heavy atom. The van der Waals surface area contributed by atoms with Crippen LogP contribution in [-0.4, -0.2) is 37.6 Å². The zero-order valence-electron chi connectivity index (χ0n) is 12.6. The van der Waals surface area contributed by atoms with E-state index in [2.05, 4.69) is 17.0 Å². The van der Waals surface area contributed by atoms with E-state index in [1.807, 2.05) is 24.8 Å². The minimum Gasteiger partial charge on any atom is -0.352 e. The van der Waals surface area contributed by atoms with Crippen molar-refractivity contribution in [2.45, 2.75) is 37.8 Å². The molecule has 5 nitrogen and oxygen atoms in total. The molecule has 0 bridgehead atoms. The van der Waals surface area contributed by atoms with Gasteiger partial charge in [-0.3, -0.25) is 0 Å². The number of sulfonamides is 1. The number of thioether (sulfide) groups is 1. The Hall–Kier alpha value is -0.500. The molecule has 116 valence electrons. The van der Waals surface area contributed by atoms with E-state index in [0.717, 1.165) is 24.4 Å². The molecule has 0 aliphatic carbocycles. The highest BCUT2D eigenvalue weighted by Crippen LogP contribution is 2.14. The van der Waals surface area contributed by atoms with Gasteiger partial charge in [0.1, 0.15) is 0 Å². The fraction of sp³-hybridized carbons (Fsp3) is 0.692. The van der Waals surface area contributed by atoms with E-state index < -0.39 is 10.0 Å². The summed E-state index contributed by atoms with van der Waals surface area (Å²) in [4.78, 5) is 0.334. The Morgan fingerprint density at radius 1 is 1.45 bits per heavy atom. The van der Waals surface area contributed by atoms with E-state index in [-0.39, 0.29) is 6.04 Å². The van der Waals surface area contributed by atoms with Gasteiger partial charge in [-0.25, -0.2) is 13.1 Å². The van der Waals surface area contributed by atoms with Crippen molar-refractivity contribution < 1.29 is 8.42 Å². The van der Waals surface area contributed by atoms with Crippen LogP contribution in [0.2, 0.25) is 0 Å². The molecule has 0 aromatic carbocycles. The third kappa shape index (κ3) is 5.12. The maximum Gasteiger partial charge on any atom is 0.242 e. The van der Waals surface area contributed by atoms with Gasteiger partial charge in [0.25, 0.3) is 0 Å². The van der Waals surface area contributed by atoms with E-state index in [4.69, 9.17) is 0 Å². The summed E-state index contributed by atoms with van der Waals surface area (Å²) in [6, 6.07) is 1.66. The van der Waals surface area contributed by atoms with E-state index in [0.29, 0.717) is 11.4 Å². The Bertz CT molecular complexity index is 512. The second-order valence-corrected chi connectivity index (χ2v) is 7.56. The lowest BCUT2D eigenvalue weighted by Gasteiger charge is -2.11. The van der Waals surface area contributed by atoms with Gasteiger partial charge in [-0.05, 0) is 32.2 Å². The van der Waals surface area contributed by atoms with Crippen LogP contribution < -0.4 is 10.0 Å². The molecule has 1 unspecified atom stereocenters. The highest BCUT2D eigenvalue weighted by Gasteiger charge is 2.19. The van der Waals surface area contributed by atoms with E-state index in [1.54, 1.807) is 24.0 Å². The number of nitrogens with one attached hydrogen (secondary N) is 2. The van der Waals surface area contributed by atoms with Crippen molar-refractivity contribution in [3.8, 4) is 0 Å². The molecule has 0 radical (unpaired) electrons. The molecular weight excluding hydrogens is 294 g/mol. The Labute approximate surface area is 126 Å². The van der Waals surface area contributed by atoms with Crippen molar-refractivity contribution in [2.24, 2.45) is 7.05 Å². The standard InChI is InChI=1S/C13H25N3O2S2/c1-5-6-14-8-12-7-13(9-16(12)3)20(17,18)15-11(2)10-19-4/h7,9,11,14-15H,5-6,8,10H2,1-4H3. The summed E-state index contributed by atoms with van der Waals surface area (Å²) in [5, 5.41) is 3.28. The molecule has 1 heterocycles. The van der Waals surface area contributed by atoms with Gasteiger partial charge in [-0.2, -0.15) is 11.8 Å². The molecule has 1 rings (SSSR count). The number of aromatic nitrogens is 1. The van der Waals surface area contributed by atoms with Crippen LogP contribution >= 0.6 is 11.8 Å². The van der Waals surface area contributed by atoms with Gasteiger partial charge in [0.15, 0.2) is 0 Å². The second-order valence-electron chi connectivity index (χ2n) is 4.93. The second kappa shape index (κ2) is 8.07. The van der Waals surface area contributed by atoms with Gasteiger partial charge in [-0.1, -0.05) is 6.92 Å². The van der Waals surface area contributed by atoms with Crippen LogP contribution in [-0.2, 0) is 23.6 Å². The van der Waals surface area contributed by atoms with Crippen molar-refractivity contribution in [1.82, 2.24) is 14.6 Å². The number of aryl methyl sites for hydroxylation is 1. The molecule has 20 heavy (non-hydrogen) atoms. The predicted molar refractivity (Wildman–Crippen MR) is 85.6 cm³/mol. The summed E-state index contributed by atoms with van der Waals surface area (Å²) in [5.41, 5.74) is 0.969. The fourth-order valence-electron chi connectivity index (χ4n) is 1.91. The summed E-state index contributed by atoms with van der Waals surface area (Å²) < 4.78 is 29.1. The number of rotatable bonds is 9. The number of hydrogen-bond acceptors (Lipinski definition) is 4. The van der Waals surface area contributed by atoms with E-state index in [9.17, 15) is 8.42 Å². The van der Waals surface area contributed by atoms with Crippen LogP contribution in [0.4, 0.5) is 0 Å². The lowest BCUT2D eigenvalue weighted by Crippen LogP contribution is -2.34. The molecule has 0 spiro atoms. The van der Waals surface area contributed by atoms with Crippen LogP contribution in [0.25, 0.3) is 0 Å². The topological polar surface area (TPSA) is 63.1 Å². The molecule has 0 saturated heterocycles. The predicted octanol–water partition coefficient (Wildman–Crippen LogP) is 1.55. The quantitative estimate of drug-likeness (QED) is 0.678. The van der Waals surface area contributed by atoms with Crippen molar-refractivity contribution in [3.63, 3.8) is 0 Å². The monoisotopic (exact) mass is 319 g/mol. The molecule has 7 heteroatoms. The van der Waals surface area contributed by atoms with Crippen molar-refractivity contribution in [2.75, 3.05) is 18.6 Å². The van der Waals surface area contributed by atoms with Gasteiger partial charge in [-0.15, -0.1) is 0 Å². The molecule has 2 N–H and O–H groups in total. The van der Waals surface area contributed by atoms with Gasteiger partial charge in [0.2, 0.25) is 10.0 Å². The SMILES string of the molecule is CCCNCc1cc(S(=O)(=O)NC(C)CSC)cn1C. The van der Waals surface area contributed by atoms with Crippen LogP contribution in [0.5, 0.6) is 0 Å². The van der Waals surface area contributed by atoms with Crippen molar-refractivity contribution in [1.29, 1.82) is 0 Å². The normalized spacial score (nSPS) is 13.6. The molecule has 1 aromatic rings. The first-order valence-electron chi connectivity index (χ1n) is 6.78. The van der Waals surface area contributed by atoms with Crippen LogP contribution in [0.15, 0.2) is 17.2 Å². The zero-order chi connectivity index (χ0) is 15.2. The van der Waals surface area contributed by atoms with E-state index >= 15 is 0 Å². The first kappa shape index (κ1) is 17.6. The summed E-state index contributed by atoms with van der Waals surface area (Å²) in [6.07, 6.45) is 4.69. The molecule has 1 aromatic heterocycles. The van der Waals surface area contributed by atoms with Crippen molar-refractivity contribution >= 4 is 21.8 Å². The largest absolute Gasteiger partial charge is 0.352 e. The maximum atomic E-state index is 12.3. The zero-order valence-corrected chi connectivity index (χ0v) is 14.3. The Morgan fingerprint density at radius 3 is 2.75 bits per heavy atom. The first-order valence-corrected chi connectivity index (χ1v) is 9.65. The maximum absolute atomic E-state index is 12.3. The molecular formula is C13H25N3O2S2. The lowest BCUT2D eigenvalue weighted by molar-refractivity contribution is 0.571. The number of nitrogens with zero attached hydrogens (tertiary/aromatic N) is 1. The van der Waals surface area contributed by atoms with Crippen LogP contribution in [0.3, 0.4) is 0 Å². The average molecular weight is 319 g/mol. The average Bonchev–Trinajstić information content (AvgIpc) is 2.72. The third-order valence-electron chi connectivity index (χ3n) is 2.90. The highest BCUT2D eigenvalue weighted by molar-refractivity contribution is 7.98. The molecule has 0 fully saturated rings. The molecule has 0 aliphatic rings. The van der Waals surface area contributed by atoms with Gasteiger partial charge in [0, 0.05) is 37.3 Å². The van der Waals surface area contributed by atoms with Crippen molar-refractivity contribution in [3.05, 3.63) is 18.0 Å². The third-order valence-corrected chi connectivity index (χ3v) is 5.29. The summed E-state index contributed by atoms with van der Waals surface area (Å²) >= 11 is 1.63. The highest BCUT2D eigenvalue weighted by atomic mass is 32.2. The smallest absolute Gasteiger partial charge is 0.242 e. The molecule has 0 amide bonds. The molecule has 0 saturated carbocycles. The lowest BCUT2D eigenvalue weighted by atomic mass is 10.4. The molecule has 0 aliphatic heterocycles. The van der Waals surface area contributed by atoms with Gasteiger partial charge >= 0.3 is 0 Å². The number of hydrogen-bond donors (Lipinski definition) is 2. The molecule has 1 atom stereocenters. The Kier molecular flexibility index (Phi) is 7.08. The summed E-state index contributed by atoms with van der Waals surface area (Å²) in [6.45, 7) is 5.59.